The fourth-order valence-corrected chi connectivity index (χ4v) is 2.50. The number of nitrogens with zero attached hydrogens (tertiary/aromatic N) is 1. The second-order valence-corrected chi connectivity index (χ2v) is 5.91. The minimum atomic E-state index is -0.471. The Morgan fingerprint density at radius 2 is 2.30 bits per heavy atom. The highest BCUT2D eigenvalue weighted by Gasteiger charge is 2.21. The van der Waals surface area contributed by atoms with Crippen molar-refractivity contribution in [3.05, 3.63) is 47.1 Å². The first-order valence-electron chi connectivity index (χ1n) is 7.23. The predicted octanol–water partition coefficient (Wildman–Crippen LogP) is 2.56. The average molecular weight is 378 g/mol. The minimum Gasteiger partial charge on any atom is -0.439 e. The van der Waals surface area contributed by atoms with Gasteiger partial charge in [0.2, 0.25) is 5.88 Å². The number of carbonyl (C=O) groups is 1. The molecule has 2 N–H and O–H groups in total. The number of amides is 1. The van der Waals surface area contributed by atoms with E-state index in [1.807, 2.05) is 24.3 Å². The molecular formula is C16H16BrN3O3. The van der Waals surface area contributed by atoms with Crippen LogP contribution in [0.25, 0.3) is 0 Å². The number of rotatable bonds is 4. The number of anilines is 1. The molecule has 1 aliphatic heterocycles. The average Bonchev–Trinajstić information content (AvgIpc) is 2.57. The monoisotopic (exact) mass is 377 g/mol. The molecule has 120 valence electrons. The van der Waals surface area contributed by atoms with Gasteiger partial charge in [0.05, 0.1) is 18.5 Å². The van der Waals surface area contributed by atoms with Gasteiger partial charge in [-0.15, -0.1) is 0 Å². The summed E-state index contributed by atoms with van der Waals surface area (Å²) in [5.74, 6) is 0.960. The number of carbonyl (C=O) groups excluding carboxylic acids is 1. The molecule has 6 nitrogen and oxygen atoms in total. The van der Waals surface area contributed by atoms with E-state index in [0.717, 1.165) is 11.0 Å². The van der Waals surface area contributed by atoms with Crippen molar-refractivity contribution in [2.45, 2.75) is 6.10 Å². The minimum absolute atomic E-state index is 0.181. The molecule has 7 heteroatoms. The molecule has 1 saturated heterocycles. The van der Waals surface area contributed by atoms with Crippen LogP contribution in [0.2, 0.25) is 0 Å². The molecule has 0 bridgehead atoms. The molecule has 2 aromatic rings. The van der Waals surface area contributed by atoms with E-state index in [2.05, 4.69) is 31.5 Å². The Hall–Kier alpha value is -1.96. The van der Waals surface area contributed by atoms with Crippen LogP contribution in [0.1, 0.15) is 0 Å². The number of nitrogens with one attached hydrogen (secondary N) is 2. The van der Waals surface area contributed by atoms with Crippen molar-refractivity contribution in [3.63, 3.8) is 0 Å². The van der Waals surface area contributed by atoms with Gasteiger partial charge in [-0.2, -0.15) is 0 Å². The second-order valence-electron chi connectivity index (χ2n) is 5.00. The van der Waals surface area contributed by atoms with Crippen LogP contribution < -0.4 is 15.4 Å². The number of aromatic nitrogens is 1. The lowest BCUT2D eigenvalue weighted by Gasteiger charge is -2.22. The van der Waals surface area contributed by atoms with E-state index in [4.69, 9.17) is 9.47 Å². The zero-order chi connectivity index (χ0) is 16.1. The summed E-state index contributed by atoms with van der Waals surface area (Å²) in [4.78, 5) is 16.2. The number of ether oxygens (including phenoxy) is 2. The van der Waals surface area contributed by atoms with Gasteiger partial charge in [-0.3, -0.25) is 4.79 Å². The molecule has 1 fully saturated rings. The normalized spacial score (nSPS) is 17.5. The van der Waals surface area contributed by atoms with Crippen LogP contribution in [-0.2, 0) is 9.53 Å². The van der Waals surface area contributed by atoms with E-state index >= 15 is 0 Å². The first-order valence-corrected chi connectivity index (χ1v) is 8.03. The molecule has 1 aromatic carbocycles. The SMILES string of the molecule is O=C(Nc1ccc(Oc2cccc(Br)c2)nc1)C1CNCCO1. The maximum Gasteiger partial charge on any atom is 0.254 e. The Morgan fingerprint density at radius 3 is 3.00 bits per heavy atom. The standard InChI is InChI=1S/C16H16BrN3O3/c17-11-2-1-3-13(8-11)23-15-5-4-12(9-19-15)20-16(21)14-10-18-6-7-22-14/h1-5,8-9,14,18H,6-7,10H2,(H,20,21). The Bertz CT molecular complexity index is 673. The van der Waals surface area contributed by atoms with E-state index in [-0.39, 0.29) is 5.91 Å². The lowest BCUT2D eigenvalue weighted by atomic mass is 10.3. The van der Waals surface area contributed by atoms with Crippen LogP contribution in [-0.4, -0.2) is 36.7 Å². The summed E-state index contributed by atoms with van der Waals surface area (Å²) >= 11 is 3.39. The predicted molar refractivity (Wildman–Crippen MR) is 89.7 cm³/mol. The van der Waals surface area contributed by atoms with Gasteiger partial charge in [-0.05, 0) is 24.3 Å². The second kappa shape index (κ2) is 7.54. The summed E-state index contributed by atoms with van der Waals surface area (Å²) in [6, 6.07) is 10.9. The van der Waals surface area contributed by atoms with E-state index < -0.39 is 6.10 Å². The van der Waals surface area contributed by atoms with Crippen molar-refractivity contribution < 1.29 is 14.3 Å². The highest BCUT2D eigenvalue weighted by atomic mass is 79.9. The molecule has 23 heavy (non-hydrogen) atoms. The molecule has 1 amide bonds. The number of hydrogen-bond donors (Lipinski definition) is 2. The third kappa shape index (κ3) is 4.51. The van der Waals surface area contributed by atoms with Gasteiger partial charge >= 0.3 is 0 Å². The first-order chi connectivity index (χ1) is 11.2. The van der Waals surface area contributed by atoms with E-state index in [9.17, 15) is 4.79 Å². The number of halogens is 1. The lowest BCUT2D eigenvalue weighted by molar-refractivity contribution is -0.128. The topological polar surface area (TPSA) is 72.5 Å². The highest BCUT2D eigenvalue weighted by Crippen LogP contribution is 2.23. The fourth-order valence-electron chi connectivity index (χ4n) is 2.12. The van der Waals surface area contributed by atoms with Crippen LogP contribution in [0.3, 0.4) is 0 Å². The zero-order valence-electron chi connectivity index (χ0n) is 12.3. The third-order valence-corrected chi connectivity index (χ3v) is 3.74. The number of hydrogen-bond acceptors (Lipinski definition) is 5. The number of pyridine rings is 1. The maximum absolute atomic E-state index is 12.0. The summed E-state index contributed by atoms with van der Waals surface area (Å²) in [5.41, 5.74) is 0.603. The quantitative estimate of drug-likeness (QED) is 0.856. The molecule has 0 saturated carbocycles. The van der Waals surface area contributed by atoms with Gasteiger partial charge in [0.1, 0.15) is 11.9 Å². The van der Waals surface area contributed by atoms with Crippen molar-refractivity contribution in [3.8, 4) is 11.6 Å². The molecule has 2 heterocycles. The molecule has 0 spiro atoms. The zero-order valence-corrected chi connectivity index (χ0v) is 13.9. The summed E-state index contributed by atoms with van der Waals surface area (Å²) in [6.07, 6.45) is 1.09. The van der Waals surface area contributed by atoms with Crippen molar-refractivity contribution >= 4 is 27.5 Å². The molecular weight excluding hydrogens is 362 g/mol. The molecule has 0 radical (unpaired) electrons. The van der Waals surface area contributed by atoms with Gasteiger partial charge in [0, 0.05) is 23.6 Å². The van der Waals surface area contributed by atoms with E-state index in [1.165, 1.54) is 0 Å². The lowest BCUT2D eigenvalue weighted by Crippen LogP contribution is -2.45. The van der Waals surface area contributed by atoms with Gasteiger partial charge in [0.25, 0.3) is 5.91 Å². The Balaban J connectivity index is 1.59. The van der Waals surface area contributed by atoms with Crippen LogP contribution in [0, 0.1) is 0 Å². The van der Waals surface area contributed by atoms with Crippen molar-refractivity contribution in [2.75, 3.05) is 25.0 Å². The van der Waals surface area contributed by atoms with E-state index in [0.29, 0.717) is 30.5 Å². The van der Waals surface area contributed by atoms with Crippen LogP contribution in [0.15, 0.2) is 47.1 Å². The van der Waals surface area contributed by atoms with Gasteiger partial charge in [0.15, 0.2) is 0 Å². The molecule has 1 aliphatic rings. The first kappa shape index (κ1) is 15.9. The highest BCUT2D eigenvalue weighted by molar-refractivity contribution is 9.10. The van der Waals surface area contributed by atoms with Crippen LogP contribution >= 0.6 is 15.9 Å². The fraction of sp³-hybridized carbons (Fsp3) is 0.250. The molecule has 1 unspecified atom stereocenters. The van der Waals surface area contributed by atoms with Crippen LogP contribution in [0.4, 0.5) is 5.69 Å². The van der Waals surface area contributed by atoms with Crippen molar-refractivity contribution in [1.29, 1.82) is 0 Å². The maximum atomic E-state index is 12.0. The van der Waals surface area contributed by atoms with Gasteiger partial charge in [-0.1, -0.05) is 22.0 Å². The van der Waals surface area contributed by atoms with Gasteiger partial charge in [-0.25, -0.2) is 4.98 Å². The van der Waals surface area contributed by atoms with Crippen LogP contribution in [0.5, 0.6) is 11.6 Å². The van der Waals surface area contributed by atoms with Gasteiger partial charge < -0.3 is 20.1 Å². The Kier molecular flexibility index (Phi) is 5.22. The number of morpholine rings is 1. The van der Waals surface area contributed by atoms with Crippen molar-refractivity contribution in [2.24, 2.45) is 0 Å². The molecule has 1 aromatic heterocycles. The molecule has 0 aliphatic carbocycles. The third-order valence-electron chi connectivity index (χ3n) is 3.24. The Labute approximate surface area is 142 Å². The molecule has 3 rings (SSSR count). The largest absolute Gasteiger partial charge is 0.439 e. The smallest absolute Gasteiger partial charge is 0.254 e. The van der Waals surface area contributed by atoms with E-state index in [1.54, 1.807) is 18.3 Å². The molecule has 1 atom stereocenters. The summed E-state index contributed by atoms with van der Waals surface area (Å²) in [7, 11) is 0. The Morgan fingerprint density at radius 1 is 1.39 bits per heavy atom. The summed E-state index contributed by atoms with van der Waals surface area (Å²) in [6.45, 7) is 1.83. The number of benzene rings is 1. The van der Waals surface area contributed by atoms with Crippen molar-refractivity contribution in [1.82, 2.24) is 10.3 Å². The summed E-state index contributed by atoms with van der Waals surface area (Å²) < 4.78 is 12.0. The summed E-state index contributed by atoms with van der Waals surface area (Å²) in [5, 5.41) is 5.90.